The molecule has 1 fully saturated rings. The van der Waals surface area contributed by atoms with Crippen LogP contribution in [0.5, 0.6) is 0 Å². The predicted octanol–water partition coefficient (Wildman–Crippen LogP) is -4.60. The minimum atomic E-state index is -5.33. The molecule has 5 unspecified atom stereocenters. The Morgan fingerprint density at radius 3 is 1.76 bits per heavy atom. The van der Waals surface area contributed by atoms with Crippen LogP contribution in [0.4, 0.5) is 0 Å². The van der Waals surface area contributed by atoms with E-state index in [4.69, 9.17) is 14.9 Å². The van der Waals surface area contributed by atoms with Gasteiger partial charge in [-0.1, -0.05) is 0 Å². The Bertz CT molecular complexity index is 381. The van der Waals surface area contributed by atoms with Gasteiger partial charge in [0, 0.05) is 6.42 Å². The average Bonchev–Trinajstić information content (AvgIpc) is 2.39. The third-order valence-corrected chi connectivity index (χ3v) is 3.98. The van der Waals surface area contributed by atoms with Crippen molar-refractivity contribution in [2.45, 2.75) is 48.6 Å². The number of rotatable bonds is 5. The molecule has 0 amide bonds. The number of aliphatic hydroxyl groups is 7. The van der Waals surface area contributed by atoms with Crippen LogP contribution in [0, 0.1) is 0 Å². The normalized spacial score (nSPS) is 42.8. The fourth-order valence-electron chi connectivity index (χ4n) is 2.37. The summed E-state index contributed by atoms with van der Waals surface area (Å²) in [5, 5.41) is 66.7. The highest BCUT2D eigenvalue weighted by Crippen LogP contribution is 2.49. The second-order valence-electron chi connectivity index (χ2n) is 4.94. The maximum atomic E-state index is 11.0. The molecule has 5 atom stereocenters. The lowest BCUT2D eigenvalue weighted by Gasteiger charge is -2.50. The Labute approximate surface area is 118 Å². The fourth-order valence-corrected chi connectivity index (χ4v) is 3.10. The Balaban J connectivity index is 3.27. The standard InChI is InChI=1S/C9H19O11P/c10-2-3(11)1-9(20-21(17,18)19)7(15)5(13)4(12)6(14)8(9)16/h3-8,10-16H,1-2H2,(H2,17,18,19). The van der Waals surface area contributed by atoms with Crippen molar-refractivity contribution in [2.75, 3.05) is 6.61 Å². The zero-order valence-electron chi connectivity index (χ0n) is 10.7. The Kier molecular flexibility index (Phi) is 5.86. The molecule has 1 aliphatic carbocycles. The summed E-state index contributed by atoms with van der Waals surface area (Å²) in [7, 11) is -5.33. The number of hydrogen-bond acceptors (Lipinski definition) is 9. The number of phosphoric ester groups is 1. The predicted molar refractivity (Wildman–Crippen MR) is 63.6 cm³/mol. The highest BCUT2D eigenvalue weighted by molar-refractivity contribution is 7.46. The lowest BCUT2D eigenvalue weighted by atomic mass is 9.72. The van der Waals surface area contributed by atoms with Gasteiger partial charge in [-0.05, 0) is 0 Å². The summed E-state index contributed by atoms with van der Waals surface area (Å²) < 4.78 is 15.4. The molecule has 12 heteroatoms. The van der Waals surface area contributed by atoms with Crippen molar-refractivity contribution in [3.8, 4) is 0 Å². The van der Waals surface area contributed by atoms with Crippen molar-refractivity contribution in [1.29, 1.82) is 0 Å². The van der Waals surface area contributed by atoms with Crippen molar-refractivity contribution in [3.63, 3.8) is 0 Å². The molecule has 1 saturated carbocycles. The highest BCUT2D eigenvalue weighted by Gasteiger charge is 2.61. The van der Waals surface area contributed by atoms with Crippen LogP contribution in [0.3, 0.4) is 0 Å². The molecule has 0 heterocycles. The molecular formula is C9H19O11P. The Hall–Kier alpha value is -0.170. The number of hydrogen-bond donors (Lipinski definition) is 9. The van der Waals surface area contributed by atoms with E-state index in [0.717, 1.165) is 0 Å². The van der Waals surface area contributed by atoms with E-state index in [-0.39, 0.29) is 0 Å². The van der Waals surface area contributed by atoms with Crippen LogP contribution < -0.4 is 0 Å². The van der Waals surface area contributed by atoms with Gasteiger partial charge in [0.1, 0.15) is 36.1 Å². The minimum Gasteiger partial charge on any atom is -0.394 e. The lowest BCUT2D eigenvalue weighted by Crippen LogP contribution is -2.72. The van der Waals surface area contributed by atoms with E-state index in [9.17, 15) is 35.2 Å². The zero-order valence-corrected chi connectivity index (χ0v) is 11.6. The summed E-state index contributed by atoms with van der Waals surface area (Å²) >= 11 is 0. The van der Waals surface area contributed by atoms with Crippen LogP contribution in [0.15, 0.2) is 0 Å². The maximum Gasteiger partial charge on any atom is 0.470 e. The van der Waals surface area contributed by atoms with Crippen molar-refractivity contribution < 1.29 is 54.6 Å². The van der Waals surface area contributed by atoms with Crippen LogP contribution in [-0.4, -0.2) is 94.4 Å². The first-order chi connectivity index (χ1) is 9.46. The molecular weight excluding hydrogens is 315 g/mol. The molecule has 0 spiro atoms. The first kappa shape index (κ1) is 18.9. The van der Waals surface area contributed by atoms with Gasteiger partial charge >= 0.3 is 7.82 Å². The third kappa shape index (κ3) is 3.78. The van der Waals surface area contributed by atoms with Gasteiger partial charge in [0.25, 0.3) is 0 Å². The summed E-state index contributed by atoms with van der Waals surface area (Å²) in [6.07, 6.45) is -13.3. The second-order valence-corrected chi connectivity index (χ2v) is 6.10. The molecule has 0 aromatic carbocycles. The Morgan fingerprint density at radius 1 is 1.00 bits per heavy atom. The zero-order chi connectivity index (χ0) is 16.6. The highest BCUT2D eigenvalue weighted by atomic mass is 31.2. The fraction of sp³-hybridized carbons (Fsp3) is 1.00. The summed E-state index contributed by atoms with van der Waals surface area (Å²) in [6, 6.07) is 0. The molecule has 1 rings (SSSR count). The van der Waals surface area contributed by atoms with Crippen LogP contribution in [0.25, 0.3) is 0 Å². The van der Waals surface area contributed by atoms with Gasteiger partial charge in [0.15, 0.2) is 0 Å². The second kappa shape index (κ2) is 6.52. The van der Waals surface area contributed by atoms with E-state index >= 15 is 0 Å². The molecule has 0 aliphatic heterocycles. The van der Waals surface area contributed by atoms with Gasteiger partial charge in [0.05, 0.1) is 12.7 Å². The SMILES string of the molecule is O=P(O)(O)OC1(CC(O)CO)C(O)C(O)C(O)C(O)C1O. The third-order valence-electron chi connectivity index (χ3n) is 3.40. The number of aliphatic hydroxyl groups excluding tert-OH is 7. The molecule has 1 aliphatic rings. The van der Waals surface area contributed by atoms with Crippen molar-refractivity contribution >= 4 is 7.82 Å². The van der Waals surface area contributed by atoms with Gasteiger partial charge in [-0.25, -0.2) is 4.57 Å². The summed E-state index contributed by atoms with van der Waals surface area (Å²) in [6.45, 7) is -0.902. The molecule has 11 nitrogen and oxygen atoms in total. The molecule has 0 aromatic heterocycles. The largest absolute Gasteiger partial charge is 0.470 e. The quantitative estimate of drug-likeness (QED) is 0.218. The van der Waals surface area contributed by atoms with Gasteiger partial charge in [-0.2, -0.15) is 0 Å². The first-order valence-electron chi connectivity index (χ1n) is 5.92. The van der Waals surface area contributed by atoms with E-state index in [1.54, 1.807) is 0 Å². The molecule has 126 valence electrons. The first-order valence-corrected chi connectivity index (χ1v) is 7.45. The Morgan fingerprint density at radius 2 is 1.43 bits per heavy atom. The van der Waals surface area contributed by atoms with Gasteiger partial charge < -0.3 is 45.5 Å². The molecule has 0 radical (unpaired) electrons. The van der Waals surface area contributed by atoms with E-state index in [1.807, 2.05) is 0 Å². The van der Waals surface area contributed by atoms with E-state index in [0.29, 0.717) is 0 Å². The smallest absolute Gasteiger partial charge is 0.394 e. The summed E-state index contributed by atoms with van der Waals surface area (Å²) in [5.41, 5.74) is -2.70. The topological polar surface area (TPSA) is 208 Å². The molecule has 9 N–H and O–H groups in total. The van der Waals surface area contributed by atoms with Crippen molar-refractivity contribution in [1.82, 2.24) is 0 Å². The number of phosphoric acid groups is 1. The monoisotopic (exact) mass is 334 g/mol. The molecule has 0 aromatic rings. The van der Waals surface area contributed by atoms with Crippen LogP contribution >= 0.6 is 7.82 Å². The van der Waals surface area contributed by atoms with E-state index in [1.165, 1.54) is 0 Å². The minimum absolute atomic E-state index is 0.902. The van der Waals surface area contributed by atoms with Crippen molar-refractivity contribution in [3.05, 3.63) is 0 Å². The van der Waals surface area contributed by atoms with Gasteiger partial charge in [0.2, 0.25) is 0 Å². The maximum absolute atomic E-state index is 11.0. The van der Waals surface area contributed by atoms with Crippen LogP contribution in [0.1, 0.15) is 6.42 Å². The van der Waals surface area contributed by atoms with Gasteiger partial charge in [-0.15, -0.1) is 0 Å². The van der Waals surface area contributed by atoms with E-state index in [2.05, 4.69) is 4.52 Å². The van der Waals surface area contributed by atoms with Crippen molar-refractivity contribution in [2.24, 2.45) is 0 Å². The van der Waals surface area contributed by atoms with Crippen LogP contribution in [-0.2, 0) is 9.09 Å². The van der Waals surface area contributed by atoms with Gasteiger partial charge in [-0.3, -0.25) is 4.52 Å². The summed E-state index contributed by atoms with van der Waals surface area (Å²) in [5.74, 6) is 0. The molecule has 21 heavy (non-hydrogen) atoms. The lowest BCUT2D eigenvalue weighted by molar-refractivity contribution is -0.269. The van der Waals surface area contributed by atoms with E-state index < -0.39 is 63.1 Å². The van der Waals surface area contributed by atoms with Crippen LogP contribution in [0.2, 0.25) is 0 Å². The molecule has 0 saturated heterocycles. The summed E-state index contributed by atoms with van der Waals surface area (Å²) in [4.78, 5) is 17.8. The average molecular weight is 334 g/mol. The molecule has 0 bridgehead atoms.